The van der Waals surface area contributed by atoms with Gasteiger partial charge in [-0.15, -0.1) is 0 Å². The standard InChI is InChI=1S/C14H21NO2/c15-8-5-12-1-3-13(4-2-12)11-17-14-6-9-16-10-7-14/h1-4,14H,5-11,15H2. The van der Waals surface area contributed by atoms with Gasteiger partial charge in [0.2, 0.25) is 0 Å². The van der Waals surface area contributed by atoms with Crippen molar-refractivity contribution in [3.8, 4) is 0 Å². The van der Waals surface area contributed by atoms with Crippen LogP contribution in [-0.2, 0) is 22.5 Å². The molecule has 3 heteroatoms. The van der Waals surface area contributed by atoms with Crippen LogP contribution in [0.2, 0.25) is 0 Å². The van der Waals surface area contributed by atoms with Gasteiger partial charge in [0.05, 0.1) is 12.7 Å². The molecule has 0 saturated carbocycles. The lowest BCUT2D eigenvalue weighted by Crippen LogP contribution is -2.23. The molecule has 0 spiro atoms. The Morgan fingerprint density at radius 3 is 2.41 bits per heavy atom. The smallest absolute Gasteiger partial charge is 0.0720 e. The van der Waals surface area contributed by atoms with Crippen molar-refractivity contribution in [1.29, 1.82) is 0 Å². The van der Waals surface area contributed by atoms with Crippen molar-refractivity contribution in [2.24, 2.45) is 5.73 Å². The molecule has 0 radical (unpaired) electrons. The Morgan fingerprint density at radius 1 is 1.12 bits per heavy atom. The Labute approximate surface area is 103 Å². The number of ether oxygens (including phenoxy) is 2. The number of hydrogen-bond donors (Lipinski definition) is 1. The molecule has 3 nitrogen and oxygen atoms in total. The SMILES string of the molecule is NCCc1ccc(COC2CCOCC2)cc1. The molecule has 1 aromatic carbocycles. The minimum absolute atomic E-state index is 0.368. The van der Waals surface area contributed by atoms with E-state index in [0.29, 0.717) is 19.3 Å². The monoisotopic (exact) mass is 235 g/mol. The van der Waals surface area contributed by atoms with Crippen molar-refractivity contribution in [3.63, 3.8) is 0 Å². The van der Waals surface area contributed by atoms with Crippen LogP contribution in [0.3, 0.4) is 0 Å². The number of rotatable bonds is 5. The molecule has 0 amide bonds. The summed E-state index contributed by atoms with van der Waals surface area (Å²) in [6.45, 7) is 3.08. The third-order valence-corrected chi connectivity index (χ3v) is 3.11. The summed E-state index contributed by atoms with van der Waals surface area (Å²) in [6, 6.07) is 8.53. The van der Waals surface area contributed by atoms with Gasteiger partial charge in [-0.3, -0.25) is 0 Å². The van der Waals surface area contributed by atoms with Crippen molar-refractivity contribution in [1.82, 2.24) is 0 Å². The molecular weight excluding hydrogens is 214 g/mol. The van der Waals surface area contributed by atoms with Gasteiger partial charge in [-0.1, -0.05) is 24.3 Å². The molecule has 1 aromatic rings. The predicted octanol–water partition coefficient (Wildman–Crippen LogP) is 1.88. The first kappa shape index (κ1) is 12.6. The van der Waals surface area contributed by atoms with Gasteiger partial charge in [0, 0.05) is 13.2 Å². The van der Waals surface area contributed by atoms with E-state index in [-0.39, 0.29) is 0 Å². The van der Waals surface area contributed by atoms with Crippen LogP contribution in [0.1, 0.15) is 24.0 Å². The third kappa shape index (κ3) is 4.11. The highest BCUT2D eigenvalue weighted by Gasteiger charge is 2.13. The molecule has 2 rings (SSSR count). The molecule has 1 fully saturated rings. The summed E-state index contributed by atoms with van der Waals surface area (Å²) in [5, 5.41) is 0. The van der Waals surface area contributed by atoms with Gasteiger partial charge in [0.25, 0.3) is 0 Å². The Kier molecular flexibility index (Phi) is 4.98. The molecule has 94 valence electrons. The van der Waals surface area contributed by atoms with Gasteiger partial charge in [-0.2, -0.15) is 0 Å². The lowest BCUT2D eigenvalue weighted by molar-refractivity contribution is -0.0390. The summed E-state index contributed by atoms with van der Waals surface area (Å²) in [7, 11) is 0. The normalized spacial score (nSPS) is 17.2. The van der Waals surface area contributed by atoms with Crippen LogP contribution in [-0.4, -0.2) is 25.9 Å². The molecule has 1 heterocycles. The minimum atomic E-state index is 0.368. The van der Waals surface area contributed by atoms with Gasteiger partial charge in [0.15, 0.2) is 0 Å². The van der Waals surface area contributed by atoms with Crippen LogP contribution in [0, 0.1) is 0 Å². The first-order valence-electron chi connectivity index (χ1n) is 6.35. The molecule has 17 heavy (non-hydrogen) atoms. The van der Waals surface area contributed by atoms with Gasteiger partial charge in [-0.25, -0.2) is 0 Å². The highest BCUT2D eigenvalue weighted by atomic mass is 16.5. The van der Waals surface area contributed by atoms with Gasteiger partial charge < -0.3 is 15.2 Å². The number of hydrogen-bond acceptors (Lipinski definition) is 3. The topological polar surface area (TPSA) is 44.5 Å². The quantitative estimate of drug-likeness (QED) is 0.847. The predicted molar refractivity (Wildman–Crippen MR) is 67.8 cm³/mol. The summed E-state index contributed by atoms with van der Waals surface area (Å²) in [4.78, 5) is 0. The zero-order chi connectivity index (χ0) is 11.9. The van der Waals surface area contributed by atoms with E-state index in [0.717, 1.165) is 32.5 Å². The number of nitrogens with two attached hydrogens (primary N) is 1. The molecule has 0 aromatic heterocycles. The molecule has 0 atom stereocenters. The fraction of sp³-hybridized carbons (Fsp3) is 0.571. The zero-order valence-corrected chi connectivity index (χ0v) is 10.2. The highest BCUT2D eigenvalue weighted by Crippen LogP contribution is 2.14. The van der Waals surface area contributed by atoms with E-state index < -0.39 is 0 Å². The molecule has 1 saturated heterocycles. The van der Waals surface area contributed by atoms with Crippen molar-refractivity contribution in [2.75, 3.05) is 19.8 Å². The van der Waals surface area contributed by atoms with Crippen molar-refractivity contribution in [3.05, 3.63) is 35.4 Å². The second-order valence-corrected chi connectivity index (χ2v) is 4.48. The van der Waals surface area contributed by atoms with E-state index in [9.17, 15) is 0 Å². The van der Waals surface area contributed by atoms with E-state index in [1.54, 1.807) is 0 Å². The van der Waals surface area contributed by atoms with Crippen LogP contribution in [0.15, 0.2) is 24.3 Å². The molecular formula is C14H21NO2. The number of benzene rings is 1. The Morgan fingerprint density at radius 2 is 1.76 bits per heavy atom. The first-order valence-corrected chi connectivity index (χ1v) is 6.35. The molecule has 1 aliphatic heterocycles. The highest BCUT2D eigenvalue weighted by molar-refractivity contribution is 5.22. The first-order chi connectivity index (χ1) is 8.38. The maximum atomic E-state index is 5.86. The minimum Gasteiger partial charge on any atom is -0.381 e. The Hall–Kier alpha value is -0.900. The average Bonchev–Trinajstić information content (AvgIpc) is 2.40. The van der Waals surface area contributed by atoms with E-state index in [4.69, 9.17) is 15.2 Å². The van der Waals surface area contributed by atoms with Crippen molar-refractivity contribution < 1.29 is 9.47 Å². The Balaban J connectivity index is 1.77. The van der Waals surface area contributed by atoms with Gasteiger partial charge >= 0.3 is 0 Å². The molecule has 1 aliphatic rings. The summed E-state index contributed by atoms with van der Waals surface area (Å²) >= 11 is 0. The lowest BCUT2D eigenvalue weighted by atomic mass is 10.1. The lowest BCUT2D eigenvalue weighted by Gasteiger charge is -2.22. The van der Waals surface area contributed by atoms with Crippen molar-refractivity contribution >= 4 is 0 Å². The van der Waals surface area contributed by atoms with Crippen LogP contribution in [0.4, 0.5) is 0 Å². The summed E-state index contributed by atoms with van der Waals surface area (Å²) in [5.74, 6) is 0. The Bertz CT molecular complexity index is 317. The molecule has 0 unspecified atom stereocenters. The fourth-order valence-corrected chi connectivity index (χ4v) is 2.03. The summed E-state index contributed by atoms with van der Waals surface area (Å²) < 4.78 is 11.2. The molecule has 0 aliphatic carbocycles. The van der Waals surface area contributed by atoms with Crippen LogP contribution >= 0.6 is 0 Å². The molecule has 2 N–H and O–H groups in total. The summed E-state index contributed by atoms with van der Waals surface area (Å²) in [6.07, 6.45) is 3.35. The fourth-order valence-electron chi connectivity index (χ4n) is 2.03. The van der Waals surface area contributed by atoms with E-state index in [1.165, 1.54) is 11.1 Å². The van der Waals surface area contributed by atoms with Crippen molar-refractivity contribution in [2.45, 2.75) is 32.0 Å². The maximum Gasteiger partial charge on any atom is 0.0720 e. The van der Waals surface area contributed by atoms with Gasteiger partial charge in [0.1, 0.15) is 0 Å². The van der Waals surface area contributed by atoms with E-state index in [2.05, 4.69) is 24.3 Å². The largest absolute Gasteiger partial charge is 0.381 e. The molecule has 0 bridgehead atoms. The summed E-state index contributed by atoms with van der Waals surface area (Å²) in [5.41, 5.74) is 8.05. The maximum absolute atomic E-state index is 5.86. The average molecular weight is 235 g/mol. The van der Waals surface area contributed by atoms with Crippen LogP contribution < -0.4 is 5.73 Å². The van der Waals surface area contributed by atoms with E-state index in [1.807, 2.05) is 0 Å². The second kappa shape index (κ2) is 6.74. The third-order valence-electron chi connectivity index (χ3n) is 3.11. The van der Waals surface area contributed by atoms with Gasteiger partial charge in [-0.05, 0) is 36.9 Å². The van der Waals surface area contributed by atoms with Crippen LogP contribution in [0.5, 0.6) is 0 Å². The second-order valence-electron chi connectivity index (χ2n) is 4.48. The zero-order valence-electron chi connectivity index (χ0n) is 10.2. The van der Waals surface area contributed by atoms with E-state index >= 15 is 0 Å². The van der Waals surface area contributed by atoms with Crippen LogP contribution in [0.25, 0.3) is 0 Å².